The van der Waals surface area contributed by atoms with Gasteiger partial charge in [0.05, 0.1) is 18.7 Å². The van der Waals surface area contributed by atoms with Crippen molar-refractivity contribution in [3.8, 4) is 17.9 Å². The normalized spacial score (nSPS) is 17.5. The van der Waals surface area contributed by atoms with Crippen molar-refractivity contribution >= 4 is 0 Å². The average molecular weight is 281 g/mol. The lowest BCUT2D eigenvalue weighted by molar-refractivity contribution is 0.120. The van der Waals surface area contributed by atoms with Crippen LogP contribution in [0.3, 0.4) is 0 Å². The zero-order valence-electron chi connectivity index (χ0n) is 12.8. The van der Waals surface area contributed by atoms with Crippen LogP contribution in [-0.4, -0.2) is 48.6 Å². The van der Waals surface area contributed by atoms with Gasteiger partial charge in [-0.15, -0.1) is 0 Å². The summed E-state index contributed by atoms with van der Waals surface area (Å²) in [6, 6.07) is 12.6. The van der Waals surface area contributed by atoms with Crippen LogP contribution < -0.4 is 0 Å². The first-order valence-corrected chi connectivity index (χ1v) is 7.73. The molecular formula is C18H23N3. The second-order valence-electron chi connectivity index (χ2n) is 5.41. The van der Waals surface area contributed by atoms with Crippen molar-refractivity contribution in [2.24, 2.45) is 0 Å². The molecule has 3 heteroatoms. The summed E-state index contributed by atoms with van der Waals surface area (Å²) in [6.45, 7) is 6.92. The van der Waals surface area contributed by atoms with Gasteiger partial charge in [0.25, 0.3) is 0 Å². The molecular weight excluding hydrogens is 258 g/mol. The minimum absolute atomic E-state index is 0.0903. The number of hydrogen-bond donors (Lipinski definition) is 0. The van der Waals surface area contributed by atoms with Crippen molar-refractivity contribution in [2.45, 2.75) is 25.8 Å². The summed E-state index contributed by atoms with van der Waals surface area (Å²) in [7, 11) is 0. The molecule has 3 nitrogen and oxygen atoms in total. The molecule has 0 saturated carbocycles. The van der Waals surface area contributed by atoms with Crippen LogP contribution in [0.4, 0.5) is 0 Å². The number of nitriles is 1. The number of rotatable bonds is 4. The summed E-state index contributed by atoms with van der Waals surface area (Å²) in [5.41, 5.74) is 1.07. The Morgan fingerprint density at radius 1 is 1.14 bits per heavy atom. The second-order valence-corrected chi connectivity index (χ2v) is 5.41. The van der Waals surface area contributed by atoms with E-state index in [1.54, 1.807) is 0 Å². The SMILES string of the molecule is CCCC(C#N)N1CCN(CC#Cc2ccccc2)CC1. The van der Waals surface area contributed by atoms with E-state index in [1.807, 2.05) is 30.3 Å². The highest BCUT2D eigenvalue weighted by molar-refractivity contribution is 5.33. The Balaban J connectivity index is 1.77. The molecule has 0 aromatic heterocycles. The molecule has 1 heterocycles. The van der Waals surface area contributed by atoms with Crippen LogP contribution in [0.1, 0.15) is 25.3 Å². The van der Waals surface area contributed by atoms with Crippen molar-refractivity contribution in [3.05, 3.63) is 35.9 Å². The largest absolute Gasteiger partial charge is 0.290 e. The van der Waals surface area contributed by atoms with Gasteiger partial charge in [0, 0.05) is 31.7 Å². The summed E-state index contributed by atoms with van der Waals surface area (Å²) in [6.07, 6.45) is 2.05. The Labute approximate surface area is 128 Å². The van der Waals surface area contributed by atoms with Crippen LogP contribution >= 0.6 is 0 Å². The third kappa shape index (κ3) is 4.90. The lowest BCUT2D eigenvalue weighted by atomic mass is 10.1. The highest BCUT2D eigenvalue weighted by Gasteiger charge is 2.22. The van der Waals surface area contributed by atoms with Gasteiger partial charge in [0.1, 0.15) is 0 Å². The average Bonchev–Trinajstić information content (AvgIpc) is 2.54. The molecule has 2 rings (SSSR count). The van der Waals surface area contributed by atoms with E-state index in [2.05, 4.69) is 34.6 Å². The van der Waals surface area contributed by atoms with E-state index in [-0.39, 0.29) is 6.04 Å². The summed E-state index contributed by atoms with van der Waals surface area (Å²) < 4.78 is 0. The number of piperazine rings is 1. The quantitative estimate of drug-likeness (QED) is 0.794. The van der Waals surface area contributed by atoms with Crippen molar-refractivity contribution < 1.29 is 0 Å². The molecule has 0 N–H and O–H groups in total. The first-order valence-electron chi connectivity index (χ1n) is 7.73. The Morgan fingerprint density at radius 2 is 1.86 bits per heavy atom. The molecule has 0 amide bonds. The van der Waals surface area contributed by atoms with Crippen molar-refractivity contribution in [1.29, 1.82) is 5.26 Å². The number of hydrogen-bond acceptors (Lipinski definition) is 3. The van der Waals surface area contributed by atoms with Gasteiger partial charge in [-0.3, -0.25) is 9.80 Å². The molecule has 0 bridgehead atoms. The molecule has 1 unspecified atom stereocenters. The molecule has 1 aliphatic rings. The zero-order chi connectivity index (χ0) is 14.9. The van der Waals surface area contributed by atoms with Crippen LogP contribution in [0.15, 0.2) is 30.3 Å². The molecule has 0 radical (unpaired) electrons. The summed E-state index contributed by atoms with van der Waals surface area (Å²) >= 11 is 0. The minimum atomic E-state index is 0.0903. The molecule has 1 aromatic carbocycles. The summed E-state index contributed by atoms with van der Waals surface area (Å²) in [5.74, 6) is 6.45. The highest BCUT2D eigenvalue weighted by Crippen LogP contribution is 2.10. The predicted molar refractivity (Wildman–Crippen MR) is 85.6 cm³/mol. The van der Waals surface area contributed by atoms with Crippen LogP contribution in [0.25, 0.3) is 0 Å². The molecule has 1 saturated heterocycles. The topological polar surface area (TPSA) is 30.3 Å². The van der Waals surface area contributed by atoms with Gasteiger partial charge in [-0.25, -0.2) is 0 Å². The van der Waals surface area contributed by atoms with E-state index >= 15 is 0 Å². The van der Waals surface area contributed by atoms with Gasteiger partial charge < -0.3 is 0 Å². The maximum atomic E-state index is 9.22. The molecule has 21 heavy (non-hydrogen) atoms. The van der Waals surface area contributed by atoms with E-state index < -0.39 is 0 Å². The lowest BCUT2D eigenvalue weighted by Gasteiger charge is -2.36. The molecule has 0 spiro atoms. The van der Waals surface area contributed by atoms with E-state index in [4.69, 9.17) is 0 Å². The highest BCUT2D eigenvalue weighted by atomic mass is 15.3. The van der Waals surface area contributed by atoms with E-state index in [0.29, 0.717) is 0 Å². The van der Waals surface area contributed by atoms with Gasteiger partial charge in [-0.05, 0) is 18.6 Å². The minimum Gasteiger partial charge on any atom is -0.290 e. The monoisotopic (exact) mass is 281 g/mol. The smallest absolute Gasteiger partial charge is 0.0978 e. The molecule has 1 fully saturated rings. The van der Waals surface area contributed by atoms with E-state index in [1.165, 1.54) is 0 Å². The zero-order valence-corrected chi connectivity index (χ0v) is 12.8. The van der Waals surface area contributed by atoms with Crippen LogP contribution in [0, 0.1) is 23.2 Å². The van der Waals surface area contributed by atoms with Gasteiger partial charge in [-0.1, -0.05) is 43.4 Å². The maximum Gasteiger partial charge on any atom is 0.0978 e. The Kier molecular flexibility index (Phi) is 6.28. The van der Waals surface area contributed by atoms with E-state index in [0.717, 1.165) is 51.1 Å². The first-order chi connectivity index (χ1) is 10.3. The fraction of sp³-hybridized carbons (Fsp3) is 0.500. The standard InChI is InChI=1S/C18H23N3/c1-2-7-18(16-19)21-14-12-20(13-15-21)11-6-10-17-8-4-3-5-9-17/h3-5,8-9,18H,2,7,11-15H2,1H3. The third-order valence-electron chi connectivity index (χ3n) is 3.87. The van der Waals surface area contributed by atoms with Gasteiger partial charge in [0.2, 0.25) is 0 Å². The third-order valence-corrected chi connectivity index (χ3v) is 3.87. The Morgan fingerprint density at radius 3 is 2.48 bits per heavy atom. The van der Waals surface area contributed by atoms with Crippen molar-refractivity contribution in [3.63, 3.8) is 0 Å². The molecule has 1 aliphatic heterocycles. The van der Waals surface area contributed by atoms with Gasteiger partial charge in [0.15, 0.2) is 0 Å². The number of benzene rings is 1. The number of nitrogens with zero attached hydrogens (tertiary/aromatic N) is 3. The summed E-state index contributed by atoms with van der Waals surface area (Å²) in [4.78, 5) is 4.68. The lowest BCUT2D eigenvalue weighted by Crippen LogP contribution is -2.49. The molecule has 0 aliphatic carbocycles. The van der Waals surface area contributed by atoms with Gasteiger partial charge in [-0.2, -0.15) is 5.26 Å². The fourth-order valence-corrected chi connectivity index (χ4v) is 2.61. The van der Waals surface area contributed by atoms with Crippen molar-refractivity contribution in [1.82, 2.24) is 9.80 Å². The molecule has 1 aromatic rings. The second kappa shape index (κ2) is 8.47. The molecule has 1 atom stereocenters. The van der Waals surface area contributed by atoms with Crippen LogP contribution in [0.2, 0.25) is 0 Å². The Hall–Kier alpha value is -1.81. The Bertz CT molecular complexity index is 513. The predicted octanol–water partition coefficient (Wildman–Crippen LogP) is 2.35. The fourth-order valence-electron chi connectivity index (χ4n) is 2.61. The van der Waals surface area contributed by atoms with Crippen LogP contribution in [0.5, 0.6) is 0 Å². The van der Waals surface area contributed by atoms with E-state index in [9.17, 15) is 5.26 Å². The van der Waals surface area contributed by atoms with Crippen molar-refractivity contribution in [2.75, 3.05) is 32.7 Å². The van der Waals surface area contributed by atoms with Crippen LogP contribution in [-0.2, 0) is 0 Å². The first kappa shape index (κ1) is 15.6. The summed E-state index contributed by atoms with van der Waals surface area (Å²) in [5, 5.41) is 9.22. The van der Waals surface area contributed by atoms with Gasteiger partial charge >= 0.3 is 0 Å². The maximum absolute atomic E-state index is 9.22. The molecule has 110 valence electrons.